The Hall–Kier alpha value is -9.99. The van der Waals surface area contributed by atoms with Crippen LogP contribution in [0, 0.1) is 0 Å². The Bertz CT molecular complexity index is 3620. The molecule has 82 heavy (non-hydrogen) atoms. The van der Waals surface area contributed by atoms with Gasteiger partial charge in [0, 0.05) is 100.0 Å². The molecule has 0 atom stereocenters. The second-order valence-electron chi connectivity index (χ2n) is 21.0. The number of aromatic nitrogens is 7. The lowest BCUT2D eigenvalue weighted by Gasteiger charge is -2.19. The number of nitrogens with one attached hydrogen (secondary N) is 2. The number of hydrogen-bond donors (Lipinski definition) is 4. The third-order valence-electron chi connectivity index (χ3n) is 12.0. The number of carboxylic acids is 1. The van der Waals surface area contributed by atoms with Crippen LogP contribution in [-0.2, 0) is 67.0 Å². The molecule has 22 nitrogen and oxygen atoms in total. The number of carbonyl (C=O) groups is 7. The molecule has 0 saturated heterocycles. The fraction of sp³-hybridized carbons (Fsp3) is 0.283. The van der Waals surface area contributed by atoms with Crippen LogP contribution in [0.5, 0.6) is 0 Å². The molecular weight excluding hydrogens is 1050 g/mol. The zero-order valence-corrected chi connectivity index (χ0v) is 48.1. The highest BCUT2D eigenvalue weighted by Gasteiger charge is 2.22. The first-order valence-electron chi connectivity index (χ1n) is 25.6. The van der Waals surface area contributed by atoms with Crippen molar-refractivity contribution in [2.75, 3.05) is 30.6 Å². The third kappa shape index (κ3) is 16.5. The van der Waals surface area contributed by atoms with Crippen LogP contribution in [0.2, 0.25) is 0 Å². The van der Waals surface area contributed by atoms with Crippen LogP contribution in [0.15, 0.2) is 122 Å². The van der Waals surface area contributed by atoms with Crippen molar-refractivity contribution in [2.24, 2.45) is 35.2 Å². The Balaban J connectivity index is 0.000000201. The average Bonchev–Trinajstić information content (AvgIpc) is 4.39. The number of nitrogen functional groups attached to an aromatic ring is 1. The summed E-state index contributed by atoms with van der Waals surface area (Å²) >= 11 is 0. The van der Waals surface area contributed by atoms with Gasteiger partial charge in [-0.25, -0.2) is 33.9 Å². The summed E-state index contributed by atoms with van der Waals surface area (Å²) in [6.07, 6.45) is 7.94. The first-order valence-corrected chi connectivity index (χ1v) is 25.6. The van der Waals surface area contributed by atoms with E-state index in [1.54, 1.807) is 137 Å². The molecule has 8 aromatic rings. The SMILES string of the molecule is COC(=O)c1nc(CC(=O)c2cc(-c3ccc(N)cc3)cn2C)cn1C.COC(=O)c1nc(CC(=O)c2cc(-c3ccc(NC(=O)OC(C)(C)C)cc3)cn2C)cn1C.Cn1cc(-c2ccc(NC(=O)OC(C)(C)C)cc2)cc1C(=O)O. The summed E-state index contributed by atoms with van der Waals surface area (Å²) in [7, 11) is 11.3. The standard InChI is InChI=1S/C24H28N4O5.C19H20N4O3.C17H20N2O4/c1-24(2,3)33-23(31)26-17-9-7-15(8-10-17)16-11-19(27(4)13-16)20(29)12-18-14-28(5)21(25-18)22(30)32-6;1-22-10-13(12-4-6-14(20)7-5-12)8-16(22)17(24)9-15-11-23(2)18(21-15)19(25)26-3;1-17(2,3)23-16(22)18-13-7-5-11(6-8-13)12-9-14(15(20)21)19(4)10-12/h7-11,13-14H,12H2,1-6H3,(H,26,31);4-8,10-11H,9,20H2,1-3H3;5-10H,1-4H3,(H,18,22)(H,20,21). The summed E-state index contributed by atoms with van der Waals surface area (Å²) in [4.78, 5) is 92.1. The van der Waals surface area contributed by atoms with Crippen LogP contribution >= 0.6 is 0 Å². The maximum absolute atomic E-state index is 12.9. The summed E-state index contributed by atoms with van der Waals surface area (Å²) in [6.45, 7) is 10.8. The van der Waals surface area contributed by atoms with Crippen molar-refractivity contribution in [2.45, 2.75) is 65.6 Å². The minimum Gasteiger partial charge on any atom is -0.477 e. The minimum atomic E-state index is -0.970. The van der Waals surface area contributed by atoms with Gasteiger partial charge >= 0.3 is 30.1 Å². The number of esters is 2. The van der Waals surface area contributed by atoms with Crippen molar-refractivity contribution in [3.63, 3.8) is 0 Å². The number of nitrogens with two attached hydrogens (primary N) is 1. The van der Waals surface area contributed by atoms with E-state index in [0.717, 1.165) is 33.4 Å². The molecule has 2 amide bonds. The molecule has 0 fully saturated rings. The molecule has 5 aromatic heterocycles. The van der Waals surface area contributed by atoms with Gasteiger partial charge in [-0.1, -0.05) is 36.4 Å². The zero-order chi connectivity index (χ0) is 60.4. The van der Waals surface area contributed by atoms with Crippen LogP contribution < -0.4 is 16.4 Å². The summed E-state index contributed by atoms with van der Waals surface area (Å²) in [5, 5.41) is 14.4. The van der Waals surface area contributed by atoms with E-state index in [1.165, 1.54) is 18.8 Å². The van der Waals surface area contributed by atoms with Crippen molar-refractivity contribution in [1.82, 2.24) is 32.8 Å². The number of amides is 2. The molecule has 22 heteroatoms. The predicted octanol–water partition coefficient (Wildman–Crippen LogP) is 9.94. The van der Waals surface area contributed by atoms with Gasteiger partial charge in [-0.05, 0) is 113 Å². The molecule has 0 spiro atoms. The third-order valence-corrected chi connectivity index (χ3v) is 12.0. The topological polar surface area (TPSA) is 277 Å². The van der Waals surface area contributed by atoms with E-state index in [9.17, 15) is 33.6 Å². The van der Waals surface area contributed by atoms with Gasteiger partial charge in [-0.15, -0.1) is 0 Å². The van der Waals surface area contributed by atoms with Crippen molar-refractivity contribution in [1.29, 1.82) is 0 Å². The molecule has 0 bridgehead atoms. The molecule has 5 heterocycles. The van der Waals surface area contributed by atoms with E-state index in [-0.39, 0.29) is 41.8 Å². The van der Waals surface area contributed by atoms with Gasteiger partial charge in [0.05, 0.1) is 49.8 Å². The van der Waals surface area contributed by atoms with Crippen LogP contribution in [0.4, 0.5) is 26.7 Å². The van der Waals surface area contributed by atoms with Crippen LogP contribution in [0.25, 0.3) is 33.4 Å². The Morgan fingerprint density at radius 2 is 0.793 bits per heavy atom. The zero-order valence-electron chi connectivity index (χ0n) is 48.1. The van der Waals surface area contributed by atoms with Crippen molar-refractivity contribution < 1.29 is 57.6 Å². The highest BCUT2D eigenvalue weighted by atomic mass is 16.6. The number of aromatic carboxylic acids is 1. The number of ketones is 2. The minimum absolute atomic E-state index is 0.0564. The summed E-state index contributed by atoms with van der Waals surface area (Å²) < 4.78 is 28.0. The summed E-state index contributed by atoms with van der Waals surface area (Å²) in [5.41, 5.74) is 14.2. The molecule has 3 aromatic carbocycles. The number of aryl methyl sites for hydroxylation is 5. The number of nitrogens with zero attached hydrogens (tertiary/aromatic N) is 7. The van der Waals surface area contributed by atoms with Gasteiger partial charge < -0.3 is 52.6 Å². The smallest absolute Gasteiger partial charge is 0.412 e. The molecule has 430 valence electrons. The summed E-state index contributed by atoms with van der Waals surface area (Å²) in [5.74, 6) is -1.94. The maximum Gasteiger partial charge on any atom is 0.412 e. The first-order chi connectivity index (χ1) is 38.5. The predicted molar refractivity (Wildman–Crippen MR) is 309 cm³/mol. The van der Waals surface area contributed by atoms with Crippen LogP contribution in [0.1, 0.15) is 106 Å². The fourth-order valence-electron chi connectivity index (χ4n) is 8.24. The Morgan fingerprint density at radius 1 is 0.476 bits per heavy atom. The van der Waals surface area contributed by atoms with Crippen LogP contribution in [0.3, 0.4) is 0 Å². The number of benzene rings is 3. The Labute approximate surface area is 474 Å². The molecule has 5 N–H and O–H groups in total. The molecule has 0 unspecified atom stereocenters. The summed E-state index contributed by atoms with van der Waals surface area (Å²) in [6, 6.07) is 27.1. The lowest BCUT2D eigenvalue weighted by Crippen LogP contribution is -2.27. The molecule has 0 aliphatic carbocycles. The molecular formula is C60H68N10O12. The number of methoxy groups -OCH3 is 2. The van der Waals surface area contributed by atoms with E-state index in [2.05, 4.69) is 25.3 Å². The van der Waals surface area contributed by atoms with Gasteiger partial charge in [0.15, 0.2) is 11.6 Å². The van der Waals surface area contributed by atoms with E-state index in [4.69, 9.17) is 25.1 Å². The van der Waals surface area contributed by atoms with Gasteiger partial charge in [0.2, 0.25) is 11.6 Å². The molecule has 0 aliphatic heterocycles. The van der Waals surface area contributed by atoms with E-state index < -0.39 is 41.3 Å². The van der Waals surface area contributed by atoms with Gasteiger partial charge in [-0.2, -0.15) is 0 Å². The molecule has 0 saturated carbocycles. The fourth-order valence-corrected chi connectivity index (χ4v) is 8.24. The number of ether oxygens (including phenoxy) is 4. The Morgan fingerprint density at radius 3 is 1.10 bits per heavy atom. The number of imidazole rings is 2. The number of carboxylic acid groups (broad SMARTS) is 1. The maximum atomic E-state index is 12.9. The number of Topliss-reactive ketones (excluding diaryl/α,β-unsaturated/α-hetero) is 2. The van der Waals surface area contributed by atoms with Gasteiger partial charge in [0.1, 0.15) is 16.9 Å². The lowest BCUT2D eigenvalue weighted by atomic mass is 10.1. The van der Waals surface area contributed by atoms with Gasteiger partial charge in [-0.3, -0.25) is 20.2 Å². The highest BCUT2D eigenvalue weighted by Crippen LogP contribution is 2.27. The average molecular weight is 1120 g/mol. The van der Waals surface area contributed by atoms with E-state index in [0.29, 0.717) is 39.8 Å². The van der Waals surface area contributed by atoms with E-state index in [1.807, 2.05) is 80.1 Å². The second-order valence-corrected chi connectivity index (χ2v) is 21.0. The van der Waals surface area contributed by atoms with E-state index >= 15 is 0 Å². The van der Waals surface area contributed by atoms with Crippen molar-refractivity contribution in [3.05, 3.63) is 162 Å². The monoisotopic (exact) mass is 1120 g/mol. The number of hydrogen-bond acceptors (Lipinski definition) is 14. The number of carbonyl (C=O) groups excluding carboxylic acids is 6. The largest absolute Gasteiger partial charge is 0.477 e. The quantitative estimate of drug-likeness (QED) is 0.0341. The first kappa shape index (κ1) is 61.2. The Kier molecular flexibility index (Phi) is 19.3. The van der Waals surface area contributed by atoms with Crippen LogP contribution in [-0.4, -0.2) is 105 Å². The molecule has 0 radical (unpaired) electrons. The second kappa shape index (κ2) is 25.9. The molecule has 8 rings (SSSR count). The normalized spacial score (nSPS) is 11.0. The lowest BCUT2D eigenvalue weighted by molar-refractivity contribution is 0.0574. The van der Waals surface area contributed by atoms with Crippen molar-refractivity contribution >= 4 is 58.7 Å². The number of anilines is 3. The van der Waals surface area contributed by atoms with Gasteiger partial charge in [0.25, 0.3) is 0 Å². The van der Waals surface area contributed by atoms with Crippen molar-refractivity contribution in [3.8, 4) is 33.4 Å². The number of rotatable bonds is 14. The highest BCUT2D eigenvalue weighted by molar-refractivity contribution is 5.98. The molecule has 0 aliphatic rings.